The molecular formula is C26H33N5O3S. The Labute approximate surface area is 210 Å². The van der Waals surface area contributed by atoms with Crippen molar-refractivity contribution < 1.29 is 14.3 Å². The normalized spacial score (nSPS) is 11.9. The number of aromatic nitrogens is 3. The lowest BCUT2D eigenvalue weighted by molar-refractivity contribution is -0.113. The van der Waals surface area contributed by atoms with Gasteiger partial charge in [-0.05, 0) is 62.1 Å². The van der Waals surface area contributed by atoms with Crippen molar-refractivity contribution in [2.75, 3.05) is 18.2 Å². The third-order valence-corrected chi connectivity index (χ3v) is 6.75. The summed E-state index contributed by atoms with van der Waals surface area (Å²) in [5.74, 6) is 1.29. The average Bonchev–Trinajstić information content (AvgIpc) is 3.17. The molecule has 0 spiro atoms. The lowest BCUT2D eigenvalue weighted by atomic mass is 10.0. The van der Waals surface area contributed by atoms with E-state index in [1.165, 1.54) is 11.8 Å². The van der Waals surface area contributed by atoms with Crippen LogP contribution in [0.1, 0.15) is 52.8 Å². The number of methoxy groups -OCH3 is 1. The minimum absolute atomic E-state index is 0.0775. The van der Waals surface area contributed by atoms with E-state index < -0.39 is 0 Å². The number of nitrogens with one attached hydrogen (secondary N) is 2. The van der Waals surface area contributed by atoms with Crippen LogP contribution in [-0.4, -0.2) is 39.4 Å². The van der Waals surface area contributed by atoms with Gasteiger partial charge >= 0.3 is 0 Å². The van der Waals surface area contributed by atoms with Crippen molar-refractivity contribution in [2.45, 2.75) is 45.8 Å². The topological polar surface area (TPSA) is 98.1 Å². The van der Waals surface area contributed by atoms with E-state index in [0.29, 0.717) is 22.3 Å². The van der Waals surface area contributed by atoms with Crippen LogP contribution in [0.5, 0.6) is 5.75 Å². The van der Waals surface area contributed by atoms with Crippen molar-refractivity contribution in [1.29, 1.82) is 0 Å². The van der Waals surface area contributed by atoms with Crippen molar-refractivity contribution in [3.63, 3.8) is 0 Å². The average molecular weight is 496 g/mol. The second kappa shape index (κ2) is 11.4. The molecule has 186 valence electrons. The third kappa shape index (κ3) is 6.42. The Morgan fingerprint density at radius 3 is 2.26 bits per heavy atom. The Hall–Kier alpha value is -3.33. The Morgan fingerprint density at radius 2 is 1.69 bits per heavy atom. The molecular weight excluding hydrogens is 462 g/mol. The van der Waals surface area contributed by atoms with Crippen LogP contribution in [0.2, 0.25) is 0 Å². The molecule has 2 amide bonds. The van der Waals surface area contributed by atoms with Gasteiger partial charge in [0, 0.05) is 18.3 Å². The van der Waals surface area contributed by atoms with Crippen LogP contribution in [0.25, 0.3) is 0 Å². The summed E-state index contributed by atoms with van der Waals surface area (Å²) in [6.07, 6.45) is 0. The Balaban J connectivity index is 1.67. The number of rotatable bonds is 9. The number of hydrogen-bond donors (Lipinski definition) is 2. The van der Waals surface area contributed by atoms with Gasteiger partial charge in [0.2, 0.25) is 5.91 Å². The van der Waals surface area contributed by atoms with E-state index >= 15 is 0 Å². The lowest BCUT2D eigenvalue weighted by Gasteiger charge is -2.21. The molecule has 3 aromatic rings. The van der Waals surface area contributed by atoms with E-state index in [4.69, 9.17) is 4.74 Å². The molecule has 0 saturated carbocycles. The van der Waals surface area contributed by atoms with Crippen molar-refractivity contribution in [3.8, 4) is 5.75 Å². The smallest absolute Gasteiger partial charge is 0.251 e. The number of carbonyl (C=O) groups is 2. The number of amides is 2. The van der Waals surface area contributed by atoms with Crippen molar-refractivity contribution in [1.82, 2.24) is 20.1 Å². The summed E-state index contributed by atoms with van der Waals surface area (Å²) < 4.78 is 6.99. The SMILES string of the molecule is COc1ccc(C(=O)N[C@H](c2nnc(SCC(=O)Nc3c(C)cc(C)cc3C)n2C)C(C)C)cc1. The molecule has 0 fully saturated rings. The molecule has 0 radical (unpaired) electrons. The second-order valence-electron chi connectivity index (χ2n) is 8.93. The summed E-state index contributed by atoms with van der Waals surface area (Å²) in [5, 5.41) is 15.3. The summed E-state index contributed by atoms with van der Waals surface area (Å²) in [7, 11) is 3.43. The first kappa shape index (κ1) is 26.3. The molecule has 0 aliphatic rings. The molecule has 3 rings (SSSR count). The molecule has 9 heteroatoms. The van der Waals surface area contributed by atoms with Crippen molar-refractivity contribution in [3.05, 3.63) is 64.5 Å². The van der Waals surface area contributed by atoms with E-state index in [1.54, 1.807) is 31.4 Å². The van der Waals surface area contributed by atoms with Gasteiger partial charge in [0.1, 0.15) is 5.75 Å². The molecule has 0 unspecified atom stereocenters. The minimum atomic E-state index is -0.344. The van der Waals surface area contributed by atoms with Crippen LogP contribution >= 0.6 is 11.8 Å². The highest BCUT2D eigenvalue weighted by molar-refractivity contribution is 7.99. The molecule has 0 bridgehead atoms. The predicted molar refractivity (Wildman–Crippen MR) is 139 cm³/mol. The summed E-state index contributed by atoms with van der Waals surface area (Å²) in [6.45, 7) is 10.0. The summed E-state index contributed by atoms with van der Waals surface area (Å²) in [4.78, 5) is 25.5. The summed E-state index contributed by atoms with van der Waals surface area (Å²) in [6, 6.07) is 10.7. The van der Waals surface area contributed by atoms with Crippen LogP contribution < -0.4 is 15.4 Å². The molecule has 2 N–H and O–H groups in total. The molecule has 35 heavy (non-hydrogen) atoms. The molecule has 0 saturated heterocycles. The summed E-state index contributed by atoms with van der Waals surface area (Å²) >= 11 is 1.31. The maximum Gasteiger partial charge on any atom is 0.251 e. The Kier molecular flexibility index (Phi) is 8.56. The fourth-order valence-corrected chi connectivity index (χ4v) is 4.62. The molecule has 2 aromatic carbocycles. The third-order valence-electron chi connectivity index (χ3n) is 5.73. The fourth-order valence-electron chi connectivity index (χ4n) is 3.90. The fraction of sp³-hybridized carbons (Fsp3) is 0.385. The first-order valence-electron chi connectivity index (χ1n) is 11.5. The quantitative estimate of drug-likeness (QED) is 0.421. The number of ether oxygens (including phenoxy) is 1. The van der Waals surface area contributed by atoms with Gasteiger partial charge in [-0.15, -0.1) is 10.2 Å². The Bertz CT molecular complexity index is 1180. The van der Waals surface area contributed by atoms with E-state index in [0.717, 1.165) is 22.4 Å². The van der Waals surface area contributed by atoms with Gasteiger partial charge in [0.25, 0.3) is 5.91 Å². The van der Waals surface area contributed by atoms with Crippen LogP contribution in [0.3, 0.4) is 0 Å². The van der Waals surface area contributed by atoms with Crippen LogP contribution in [-0.2, 0) is 11.8 Å². The lowest BCUT2D eigenvalue weighted by Crippen LogP contribution is -2.33. The highest BCUT2D eigenvalue weighted by Gasteiger charge is 2.25. The zero-order chi connectivity index (χ0) is 25.7. The predicted octanol–water partition coefficient (Wildman–Crippen LogP) is 4.61. The molecule has 8 nitrogen and oxygen atoms in total. The minimum Gasteiger partial charge on any atom is -0.497 e. The number of carbonyl (C=O) groups excluding carboxylic acids is 2. The van der Waals surface area contributed by atoms with Crippen molar-refractivity contribution in [2.24, 2.45) is 13.0 Å². The standard InChI is InChI=1S/C26H33N5O3S/c1-15(2)22(28-25(33)19-8-10-20(34-7)11-9-19)24-29-30-26(31(24)6)35-14-21(32)27-23-17(4)12-16(3)13-18(23)5/h8-13,15,22H,14H2,1-7H3,(H,27,32)(H,28,33)/t22-/m0/s1. The van der Waals surface area contributed by atoms with Gasteiger partial charge in [-0.1, -0.05) is 43.3 Å². The maximum atomic E-state index is 12.8. The Morgan fingerprint density at radius 1 is 1.06 bits per heavy atom. The van der Waals surface area contributed by atoms with Gasteiger partial charge in [-0.3, -0.25) is 9.59 Å². The second-order valence-corrected chi connectivity index (χ2v) is 9.88. The van der Waals surface area contributed by atoms with Crippen molar-refractivity contribution >= 4 is 29.3 Å². The van der Waals surface area contributed by atoms with Gasteiger partial charge in [0.05, 0.1) is 18.9 Å². The van der Waals surface area contributed by atoms with Gasteiger partial charge in [-0.25, -0.2) is 0 Å². The number of aryl methyl sites for hydroxylation is 3. The van der Waals surface area contributed by atoms with Crippen LogP contribution in [0, 0.1) is 26.7 Å². The number of thioether (sulfide) groups is 1. The molecule has 1 aromatic heterocycles. The van der Waals surface area contributed by atoms with E-state index in [9.17, 15) is 9.59 Å². The molecule has 1 heterocycles. The van der Waals surface area contributed by atoms with E-state index in [2.05, 4.69) is 33.0 Å². The molecule has 0 aliphatic carbocycles. The molecule has 1 atom stereocenters. The van der Waals surface area contributed by atoms with Crippen LogP contribution in [0.4, 0.5) is 5.69 Å². The van der Waals surface area contributed by atoms with E-state index in [-0.39, 0.29) is 29.5 Å². The highest BCUT2D eigenvalue weighted by atomic mass is 32.2. The zero-order valence-electron chi connectivity index (χ0n) is 21.3. The highest BCUT2D eigenvalue weighted by Crippen LogP contribution is 2.26. The van der Waals surface area contributed by atoms with E-state index in [1.807, 2.05) is 46.2 Å². The van der Waals surface area contributed by atoms with Gasteiger partial charge in [-0.2, -0.15) is 0 Å². The number of anilines is 1. The number of hydrogen-bond acceptors (Lipinski definition) is 6. The molecule has 0 aliphatic heterocycles. The first-order chi connectivity index (χ1) is 16.6. The largest absolute Gasteiger partial charge is 0.497 e. The van der Waals surface area contributed by atoms with Crippen LogP contribution in [0.15, 0.2) is 41.6 Å². The van der Waals surface area contributed by atoms with Gasteiger partial charge < -0.3 is 19.9 Å². The summed E-state index contributed by atoms with van der Waals surface area (Å²) in [5.41, 5.74) is 4.62. The maximum absolute atomic E-state index is 12.8. The van der Waals surface area contributed by atoms with Gasteiger partial charge in [0.15, 0.2) is 11.0 Å². The first-order valence-corrected chi connectivity index (χ1v) is 12.4. The zero-order valence-corrected chi connectivity index (χ0v) is 22.1. The number of benzene rings is 2. The number of nitrogens with zero attached hydrogens (tertiary/aromatic N) is 3. The monoisotopic (exact) mass is 495 g/mol.